The third-order valence-corrected chi connectivity index (χ3v) is 10.9. The maximum Gasteiger partial charge on any atom is 0.310 e. The second-order valence-electron chi connectivity index (χ2n) is 10.7. The van der Waals surface area contributed by atoms with Crippen LogP contribution in [0.5, 0.6) is 0 Å². The van der Waals surface area contributed by atoms with E-state index in [0.717, 1.165) is 54.2 Å². The molecule has 0 aliphatic carbocycles. The summed E-state index contributed by atoms with van der Waals surface area (Å²) in [5.41, 5.74) is 2.76. The van der Waals surface area contributed by atoms with Gasteiger partial charge in [-0.2, -0.15) is 4.31 Å². The summed E-state index contributed by atoms with van der Waals surface area (Å²) in [5, 5.41) is 15.0. The van der Waals surface area contributed by atoms with Crippen LogP contribution < -0.4 is 10.6 Å². The van der Waals surface area contributed by atoms with Gasteiger partial charge in [0.15, 0.2) is 5.65 Å². The largest absolute Gasteiger partial charge is 0.382 e. The molecule has 6 rings (SSSR count). The molecule has 2 aromatic carbocycles. The second kappa shape index (κ2) is 9.62. The van der Waals surface area contributed by atoms with Crippen molar-refractivity contribution in [1.82, 2.24) is 24.2 Å². The van der Waals surface area contributed by atoms with Crippen LogP contribution in [-0.2, 0) is 10.0 Å². The van der Waals surface area contributed by atoms with Crippen molar-refractivity contribution in [1.29, 1.82) is 0 Å². The fraction of sp³-hybridized carbons (Fsp3) is 0.333. The van der Waals surface area contributed by atoms with Gasteiger partial charge in [-0.3, -0.25) is 4.40 Å². The van der Waals surface area contributed by atoms with Crippen molar-refractivity contribution in [3.63, 3.8) is 0 Å². The molecule has 0 saturated carbocycles. The molecular weight excluding hydrogens is 599 g/mol. The molecule has 1 atom stereocenters. The number of hydrogen-bond acceptors (Lipinski definition) is 6. The third-order valence-electron chi connectivity index (χ3n) is 7.80. The number of halogens is 5. The summed E-state index contributed by atoms with van der Waals surface area (Å²) in [6, 6.07) is 12.9. The number of anilines is 1. The first kappa shape index (κ1) is 28.8. The first-order valence-corrected chi connectivity index (χ1v) is 16.8. The molecule has 15 heteroatoms. The van der Waals surface area contributed by atoms with Crippen LogP contribution in [-0.4, -0.2) is 59.5 Å². The van der Waals surface area contributed by atoms with E-state index in [-0.39, 0.29) is 35.6 Å². The quantitative estimate of drug-likeness (QED) is 0.231. The normalized spacial score (nSPS) is 20.8. The Morgan fingerprint density at radius 3 is 2.12 bits per heavy atom. The molecule has 0 unspecified atom stereocenters. The summed E-state index contributed by atoms with van der Waals surface area (Å²) in [5.74, 6) is 1.18. The highest BCUT2D eigenvalue weighted by atomic mass is 32.5. The first-order chi connectivity index (χ1) is 19.7. The number of pyridine rings is 1. The number of fused-ring (bicyclic) bond motifs is 1. The molecule has 42 heavy (non-hydrogen) atoms. The minimum Gasteiger partial charge on any atom is -0.382 e. The van der Waals surface area contributed by atoms with E-state index in [9.17, 15) is 27.8 Å². The number of piperidine rings is 1. The van der Waals surface area contributed by atoms with Crippen LogP contribution in [0, 0.1) is 0 Å². The molecule has 0 spiro atoms. The molecule has 2 aromatic heterocycles. The predicted octanol–water partition coefficient (Wildman–Crippen LogP) is 6.40. The van der Waals surface area contributed by atoms with E-state index in [2.05, 4.69) is 20.8 Å². The number of hydrogen-bond donors (Lipinski definition) is 2. The Labute approximate surface area is 239 Å². The number of rotatable bonds is 7. The lowest BCUT2D eigenvalue weighted by atomic mass is 10.1. The molecule has 0 amide bonds. The Morgan fingerprint density at radius 1 is 0.833 bits per heavy atom. The van der Waals surface area contributed by atoms with Gasteiger partial charge in [0.1, 0.15) is 10.7 Å². The number of nitrogens with zero attached hydrogens (tertiary/aromatic N) is 4. The van der Waals surface area contributed by atoms with Crippen molar-refractivity contribution in [2.75, 3.05) is 31.5 Å². The zero-order valence-corrected chi connectivity index (χ0v) is 23.9. The van der Waals surface area contributed by atoms with Crippen molar-refractivity contribution in [3.8, 4) is 11.1 Å². The van der Waals surface area contributed by atoms with Gasteiger partial charge in [-0.15, -0.1) is 10.2 Å². The molecule has 4 heterocycles. The van der Waals surface area contributed by atoms with Crippen LogP contribution in [0.1, 0.15) is 31.0 Å². The first-order valence-electron chi connectivity index (χ1n) is 13.4. The fourth-order valence-corrected chi connectivity index (χ4v) is 7.61. The van der Waals surface area contributed by atoms with Crippen molar-refractivity contribution < 1.29 is 27.8 Å². The maximum absolute atomic E-state index is 13.3. The number of benzene rings is 2. The smallest absolute Gasteiger partial charge is 0.310 e. The summed E-state index contributed by atoms with van der Waals surface area (Å²) in [6.45, 7) is 2.19. The number of nitrogens with one attached hydrogen (secondary N) is 2. The Balaban J connectivity index is 1.10. The van der Waals surface area contributed by atoms with Gasteiger partial charge in [0.2, 0.25) is 10.0 Å². The minimum atomic E-state index is -9.73. The summed E-state index contributed by atoms with van der Waals surface area (Å²) in [4.78, 5) is -1.79. The molecule has 2 N–H and O–H groups in total. The van der Waals surface area contributed by atoms with Gasteiger partial charge in [0, 0.05) is 43.5 Å². The van der Waals surface area contributed by atoms with Crippen molar-refractivity contribution in [2.45, 2.75) is 41.0 Å². The van der Waals surface area contributed by atoms with Crippen LogP contribution >= 0.6 is 10.2 Å². The maximum atomic E-state index is 13.3. The lowest BCUT2D eigenvalue weighted by molar-refractivity contribution is 0.330. The monoisotopic (exact) mass is 628 g/mol. The van der Waals surface area contributed by atoms with E-state index >= 15 is 0 Å². The number of sulfonamides is 1. The predicted molar refractivity (Wildman–Crippen MR) is 152 cm³/mol. The van der Waals surface area contributed by atoms with Crippen LogP contribution in [0.25, 0.3) is 16.8 Å². The van der Waals surface area contributed by atoms with Crippen LogP contribution in [0.4, 0.5) is 25.1 Å². The molecular formula is C27H29F5N6O2S2. The molecule has 2 aliphatic heterocycles. The van der Waals surface area contributed by atoms with E-state index < -0.39 is 25.1 Å². The highest BCUT2D eigenvalue weighted by Crippen LogP contribution is 3.02. The average Bonchev–Trinajstić information content (AvgIpc) is 3.62. The van der Waals surface area contributed by atoms with Gasteiger partial charge in [-0.25, -0.2) is 8.42 Å². The molecule has 2 fully saturated rings. The standard InChI is InChI=1S/C27H29F5N6O2S2/c28-42(29,30,31,32)25-8-4-22(5-9-25)34-23-12-15-37(16-13-23)41(39,40)24-6-1-19(2-7-24)21-3-10-26-35-36-27(38(26)18-21)20-11-14-33-17-20/h1-10,18,20,23,33-34H,11-17H2/t20-/m1/s1. The fourth-order valence-electron chi connectivity index (χ4n) is 5.49. The molecule has 2 aliphatic rings. The highest BCUT2D eigenvalue weighted by molar-refractivity contribution is 8.45. The van der Waals surface area contributed by atoms with Gasteiger partial charge < -0.3 is 10.6 Å². The Hall–Kier alpha value is -3.27. The van der Waals surface area contributed by atoms with Crippen LogP contribution in [0.2, 0.25) is 0 Å². The van der Waals surface area contributed by atoms with E-state index in [4.69, 9.17) is 0 Å². The molecule has 226 valence electrons. The van der Waals surface area contributed by atoms with E-state index in [0.29, 0.717) is 25.0 Å². The van der Waals surface area contributed by atoms with Gasteiger partial charge >= 0.3 is 10.2 Å². The Kier molecular flexibility index (Phi) is 6.61. The van der Waals surface area contributed by atoms with Gasteiger partial charge in [-0.1, -0.05) is 31.6 Å². The highest BCUT2D eigenvalue weighted by Gasteiger charge is 2.65. The molecule has 8 nitrogen and oxygen atoms in total. The van der Waals surface area contributed by atoms with Crippen molar-refractivity contribution in [2.24, 2.45) is 0 Å². The SMILES string of the molecule is O=S(=O)(c1ccc(-c2ccc3nnc([C@@H]4CCNC4)n3c2)cc1)N1CCC(Nc2ccc(S(F)(F)(F)(F)F)cc2)CC1. The van der Waals surface area contributed by atoms with Gasteiger partial charge in [0.05, 0.1) is 4.90 Å². The molecule has 2 saturated heterocycles. The summed E-state index contributed by atoms with van der Waals surface area (Å²) in [6.07, 6.45) is 3.76. The zero-order valence-electron chi connectivity index (χ0n) is 22.3. The zero-order chi connectivity index (χ0) is 29.8. The molecule has 4 aromatic rings. The minimum absolute atomic E-state index is 0.160. The summed E-state index contributed by atoms with van der Waals surface area (Å²) in [7, 11) is -13.5. The van der Waals surface area contributed by atoms with Crippen molar-refractivity contribution >= 4 is 31.6 Å². The summed E-state index contributed by atoms with van der Waals surface area (Å²) < 4.78 is 94.8. The third kappa shape index (κ3) is 5.82. The Bertz CT molecular complexity index is 1720. The Morgan fingerprint density at radius 2 is 1.50 bits per heavy atom. The van der Waals surface area contributed by atoms with E-state index in [1.807, 2.05) is 22.7 Å². The van der Waals surface area contributed by atoms with Crippen LogP contribution in [0.3, 0.4) is 0 Å². The van der Waals surface area contributed by atoms with E-state index in [1.165, 1.54) is 4.31 Å². The lowest BCUT2D eigenvalue weighted by Crippen LogP contribution is -2.42. The van der Waals surface area contributed by atoms with Gasteiger partial charge in [-0.05, 0) is 85.5 Å². The van der Waals surface area contributed by atoms with E-state index in [1.54, 1.807) is 24.3 Å². The molecule has 0 bridgehead atoms. The average molecular weight is 629 g/mol. The lowest BCUT2D eigenvalue weighted by Gasteiger charge is -2.40. The topological polar surface area (TPSA) is 91.6 Å². The van der Waals surface area contributed by atoms with Gasteiger partial charge in [0.25, 0.3) is 0 Å². The van der Waals surface area contributed by atoms with Crippen molar-refractivity contribution in [3.05, 3.63) is 72.7 Å². The van der Waals surface area contributed by atoms with Crippen LogP contribution in [0.15, 0.2) is 76.7 Å². The summed E-state index contributed by atoms with van der Waals surface area (Å²) >= 11 is 0. The number of aromatic nitrogens is 3. The molecule has 0 radical (unpaired) electrons. The second-order valence-corrected chi connectivity index (χ2v) is 15.1.